The molecule has 9 nitrogen and oxygen atoms in total. The first kappa shape index (κ1) is 26.3. The van der Waals surface area contributed by atoms with Gasteiger partial charge in [0.25, 0.3) is 0 Å². The smallest absolute Gasteiger partial charge is 0.247 e. The van der Waals surface area contributed by atoms with E-state index in [0.29, 0.717) is 47.2 Å². The van der Waals surface area contributed by atoms with Crippen LogP contribution in [-0.2, 0) is 16.0 Å². The number of hydrogen-bond acceptors (Lipinski definition) is 8. The summed E-state index contributed by atoms with van der Waals surface area (Å²) in [6.45, 7) is 6.38. The van der Waals surface area contributed by atoms with Gasteiger partial charge in [0.2, 0.25) is 23.6 Å². The Bertz CT molecular complexity index is 1530. The second-order valence-corrected chi connectivity index (χ2v) is 10.0. The lowest BCUT2D eigenvalue weighted by atomic mass is 10.1. The molecular formula is C28H27FN6O3S. The summed E-state index contributed by atoms with van der Waals surface area (Å²) in [7, 11) is 2.02. The van der Waals surface area contributed by atoms with Crippen LogP contribution in [0, 0.1) is 5.82 Å². The molecule has 3 heterocycles. The Morgan fingerprint density at radius 2 is 1.92 bits per heavy atom. The number of hydrogen-bond donors (Lipinski definition) is 2. The van der Waals surface area contributed by atoms with Gasteiger partial charge in [0.05, 0.1) is 11.9 Å². The number of ether oxygens (including phenoxy) is 1. The van der Waals surface area contributed by atoms with E-state index in [1.807, 2.05) is 18.5 Å². The fraction of sp³-hybridized carbons (Fsp3) is 0.214. The number of likely N-dealkylation sites (N-methyl/N-ethyl adjacent to an activating group) is 1. The van der Waals surface area contributed by atoms with Gasteiger partial charge >= 0.3 is 0 Å². The molecule has 2 N–H and O–H groups in total. The van der Waals surface area contributed by atoms with E-state index in [9.17, 15) is 14.0 Å². The SMILES string of the molecule is C=CC(=O)Nc1cccc(Oc2nc(Nc3ccc(CC(=O)N4CCN(C)CC4)c(F)c3)nc3ccsc23)c1. The number of rotatable bonds is 8. The van der Waals surface area contributed by atoms with Crippen LogP contribution in [0.5, 0.6) is 11.6 Å². The maximum atomic E-state index is 14.9. The zero-order valence-corrected chi connectivity index (χ0v) is 22.1. The maximum Gasteiger partial charge on any atom is 0.247 e. The van der Waals surface area contributed by atoms with E-state index in [1.54, 1.807) is 41.3 Å². The molecule has 0 radical (unpaired) electrons. The molecule has 200 valence electrons. The minimum absolute atomic E-state index is 0.0114. The Labute approximate surface area is 228 Å². The molecule has 5 rings (SSSR count). The van der Waals surface area contributed by atoms with Crippen molar-refractivity contribution in [2.45, 2.75) is 6.42 Å². The molecule has 1 aliphatic heterocycles. The summed E-state index contributed by atoms with van der Waals surface area (Å²) >= 11 is 1.43. The minimum atomic E-state index is -0.478. The molecular weight excluding hydrogens is 519 g/mol. The number of amides is 2. The summed E-state index contributed by atoms with van der Waals surface area (Å²) < 4.78 is 21.7. The number of halogens is 1. The number of carbonyl (C=O) groups is 2. The Balaban J connectivity index is 1.32. The first-order chi connectivity index (χ1) is 18.9. The lowest BCUT2D eigenvalue weighted by molar-refractivity contribution is -0.132. The van der Waals surface area contributed by atoms with Crippen LogP contribution in [0.1, 0.15) is 5.56 Å². The van der Waals surface area contributed by atoms with Crippen molar-refractivity contribution in [3.05, 3.63) is 77.9 Å². The third kappa shape index (κ3) is 6.39. The predicted molar refractivity (Wildman–Crippen MR) is 150 cm³/mol. The fourth-order valence-corrected chi connectivity index (χ4v) is 4.89. The molecule has 1 saturated heterocycles. The second-order valence-electron chi connectivity index (χ2n) is 9.10. The van der Waals surface area contributed by atoms with E-state index in [0.717, 1.165) is 17.8 Å². The number of carbonyl (C=O) groups excluding carboxylic acids is 2. The van der Waals surface area contributed by atoms with Crippen LogP contribution in [-0.4, -0.2) is 64.8 Å². The van der Waals surface area contributed by atoms with Crippen molar-refractivity contribution in [3.63, 3.8) is 0 Å². The molecule has 4 aromatic rings. The van der Waals surface area contributed by atoms with E-state index >= 15 is 0 Å². The summed E-state index contributed by atoms with van der Waals surface area (Å²) in [5.41, 5.74) is 2.00. The summed E-state index contributed by atoms with van der Waals surface area (Å²) in [4.78, 5) is 37.3. The molecule has 2 amide bonds. The van der Waals surface area contributed by atoms with Crippen molar-refractivity contribution in [3.8, 4) is 11.6 Å². The molecule has 2 aromatic carbocycles. The van der Waals surface area contributed by atoms with Gasteiger partial charge in [-0.2, -0.15) is 4.98 Å². The largest absolute Gasteiger partial charge is 0.437 e. The summed E-state index contributed by atoms with van der Waals surface area (Å²) in [5.74, 6) is 0.130. The lowest BCUT2D eigenvalue weighted by Crippen LogP contribution is -2.47. The number of nitrogens with zero attached hydrogens (tertiary/aromatic N) is 4. The highest BCUT2D eigenvalue weighted by atomic mass is 32.1. The second kappa shape index (κ2) is 11.6. The van der Waals surface area contributed by atoms with Gasteiger partial charge in [0, 0.05) is 43.6 Å². The summed E-state index contributed by atoms with van der Waals surface area (Å²) in [6.07, 6.45) is 1.20. The van der Waals surface area contributed by atoms with Crippen LogP contribution in [0.2, 0.25) is 0 Å². The van der Waals surface area contributed by atoms with E-state index in [2.05, 4.69) is 32.1 Å². The molecule has 39 heavy (non-hydrogen) atoms. The standard InChI is InChI=1S/C28H27FN6O3S/c1-3-24(36)30-19-5-4-6-21(16-19)38-27-26-23(9-14-39-26)32-28(33-27)31-20-8-7-18(22(29)17-20)15-25(37)35-12-10-34(2)11-13-35/h3-9,14,16-17H,1,10-13,15H2,2H3,(H,30,36)(H,31,32,33). The molecule has 0 atom stereocenters. The molecule has 0 aliphatic carbocycles. The fourth-order valence-electron chi connectivity index (χ4n) is 4.13. The van der Waals surface area contributed by atoms with Crippen LogP contribution in [0.3, 0.4) is 0 Å². The third-order valence-electron chi connectivity index (χ3n) is 6.28. The van der Waals surface area contributed by atoms with E-state index in [4.69, 9.17) is 4.74 Å². The van der Waals surface area contributed by atoms with Gasteiger partial charge in [-0.25, -0.2) is 9.37 Å². The van der Waals surface area contributed by atoms with Gasteiger partial charge in [-0.1, -0.05) is 18.7 Å². The Hall–Kier alpha value is -4.35. The van der Waals surface area contributed by atoms with Gasteiger partial charge in [0.15, 0.2) is 0 Å². The third-order valence-corrected chi connectivity index (χ3v) is 7.17. The highest BCUT2D eigenvalue weighted by molar-refractivity contribution is 7.17. The molecule has 0 spiro atoms. The van der Waals surface area contributed by atoms with Crippen LogP contribution < -0.4 is 15.4 Å². The van der Waals surface area contributed by atoms with E-state index in [-0.39, 0.29) is 24.2 Å². The predicted octanol–water partition coefficient (Wildman–Crippen LogP) is 4.81. The average Bonchev–Trinajstić information content (AvgIpc) is 3.40. The van der Waals surface area contributed by atoms with Crippen molar-refractivity contribution < 1.29 is 18.7 Å². The first-order valence-corrected chi connectivity index (χ1v) is 13.2. The average molecular weight is 547 g/mol. The Morgan fingerprint density at radius 1 is 1.10 bits per heavy atom. The molecule has 1 aliphatic rings. The van der Waals surface area contributed by atoms with Crippen LogP contribution in [0.4, 0.5) is 21.7 Å². The van der Waals surface area contributed by atoms with Crippen molar-refractivity contribution in [2.75, 3.05) is 43.9 Å². The minimum Gasteiger partial charge on any atom is -0.437 e. The topological polar surface area (TPSA) is 99.7 Å². The maximum absolute atomic E-state index is 14.9. The van der Waals surface area contributed by atoms with Gasteiger partial charge in [0.1, 0.15) is 16.3 Å². The molecule has 0 saturated carbocycles. The number of fused-ring (bicyclic) bond motifs is 1. The number of benzene rings is 2. The van der Waals surface area contributed by atoms with Crippen LogP contribution in [0.15, 0.2) is 66.6 Å². The van der Waals surface area contributed by atoms with Gasteiger partial charge < -0.3 is 25.2 Å². The lowest BCUT2D eigenvalue weighted by Gasteiger charge is -2.32. The quantitative estimate of drug-likeness (QED) is 0.306. The van der Waals surface area contributed by atoms with Crippen molar-refractivity contribution >= 4 is 50.7 Å². The summed E-state index contributed by atoms with van der Waals surface area (Å²) in [5, 5.41) is 7.61. The monoisotopic (exact) mass is 546 g/mol. The number of aromatic nitrogens is 2. The highest BCUT2D eigenvalue weighted by Crippen LogP contribution is 2.34. The Kier molecular flexibility index (Phi) is 7.80. The number of anilines is 3. The number of thiophene rings is 1. The molecule has 11 heteroatoms. The van der Waals surface area contributed by atoms with Crippen LogP contribution >= 0.6 is 11.3 Å². The molecule has 1 fully saturated rings. The van der Waals surface area contributed by atoms with Crippen molar-refractivity contribution in [2.24, 2.45) is 0 Å². The molecule has 2 aromatic heterocycles. The van der Waals surface area contributed by atoms with E-state index < -0.39 is 5.82 Å². The Morgan fingerprint density at radius 3 is 2.69 bits per heavy atom. The van der Waals surface area contributed by atoms with Gasteiger partial charge in [-0.15, -0.1) is 11.3 Å². The van der Waals surface area contributed by atoms with Crippen molar-refractivity contribution in [1.82, 2.24) is 19.8 Å². The zero-order valence-electron chi connectivity index (χ0n) is 21.3. The van der Waals surface area contributed by atoms with Gasteiger partial charge in [-0.3, -0.25) is 9.59 Å². The van der Waals surface area contributed by atoms with Crippen LogP contribution in [0.25, 0.3) is 10.2 Å². The summed E-state index contributed by atoms with van der Waals surface area (Å²) in [6, 6.07) is 13.4. The van der Waals surface area contributed by atoms with Crippen molar-refractivity contribution in [1.29, 1.82) is 0 Å². The molecule has 0 bridgehead atoms. The molecule has 0 unspecified atom stereocenters. The number of piperazine rings is 1. The highest BCUT2D eigenvalue weighted by Gasteiger charge is 2.20. The van der Waals surface area contributed by atoms with E-state index in [1.165, 1.54) is 23.5 Å². The normalized spacial score (nSPS) is 13.7. The zero-order chi connectivity index (χ0) is 27.4. The first-order valence-electron chi connectivity index (χ1n) is 12.4. The van der Waals surface area contributed by atoms with Gasteiger partial charge in [-0.05, 0) is 54.4 Å². The number of nitrogens with one attached hydrogen (secondary N) is 2.